The number of aromatic nitrogens is 2. The number of nitrogens with one attached hydrogen (secondary N) is 1. The number of alkyl halides is 3. The van der Waals surface area contributed by atoms with E-state index < -0.39 is 11.7 Å². The van der Waals surface area contributed by atoms with Crippen LogP contribution in [-0.2, 0) is 6.18 Å². The number of nitriles is 1. The lowest BCUT2D eigenvalue weighted by molar-refractivity contribution is -0.138. The number of unbranched alkanes of at least 4 members (excludes halogenated alkanes) is 2. The SMILES string of the molecule is C=C/C=C(CCCCCN(CCN1CCB(C#N)CC1)c1cccc(=S)[nH]1)\C(=C/C)c1nc(N)ccc1C(F)(F)F. The normalized spacial score (nSPS) is 15.0. The highest BCUT2D eigenvalue weighted by Gasteiger charge is 2.35. The van der Waals surface area contributed by atoms with Crippen LogP contribution in [0.4, 0.5) is 24.8 Å². The third kappa shape index (κ3) is 9.61. The molecule has 1 aliphatic rings. The van der Waals surface area contributed by atoms with Crippen molar-refractivity contribution in [3.05, 3.63) is 76.6 Å². The fraction of sp³-hybridized carbons (Fsp3) is 0.433. The number of halogens is 3. The minimum Gasteiger partial charge on any atom is -0.384 e. The van der Waals surface area contributed by atoms with Crippen molar-refractivity contribution in [2.75, 3.05) is 43.4 Å². The van der Waals surface area contributed by atoms with Gasteiger partial charge in [0, 0.05) is 25.6 Å². The number of nitrogens with zero attached hydrogens (tertiary/aromatic N) is 4. The summed E-state index contributed by atoms with van der Waals surface area (Å²) in [6.07, 6.45) is 5.46. The lowest BCUT2D eigenvalue weighted by Crippen LogP contribution is -2.41. The zero-order valence-corrected chi connectivity index (χ0v) is 24.4. The van der Waals surface area contributed by atoms with Gasteiger partial charge in [-0.25, -0.2) is 10.2 Å². The predicted molar refractivity (Wildman–Crippen MR) is 165 cm³/mol. The fourth-order valence-electron chi connectivity index (χ4n) is 5.15. The second-order valence-electron chi connectivity index (χ2n) is 10.2. The van der Waals surface area contributed by atoms with Gasteiger partial charge in [-0.1, -0.05) is 49.5 Å². The summed E-state index contributed by atoms with van der Waals surface area (Å²) in [5.74, 6) is 3.40. The second-order valence-corrected chi connectivity index (χ2v) is 10.6. The van der Waals surface area contributed by atoms with Gasteiger partial charge in [0.2, 0.25) is 0 Å². The number of H-pyrrole nitrogens is 1. The number of pyridine rings is 2. The molecule has 3 rings (SSSR count). The molecular weight excluding hydrogens is 544 g/mol. The van der Waals surface area contributed by atoms with Crippen molar-refractivity contribution in [3.8, 4) is 5.97 Å². The van der Waals surface area contributed by atoms with Crippen molar-refractivity contribution in [2.45, 2.75) is 51.4 Å². The number of allylic oxidation sites excluding steroid dienone is 5. The zero-order chi connectivity index (χ0) is 29.8. The molecule has 2 aromatic heterocycles. The van der Waals surface area contributed by atoms with Gasteiger partial charge in [-0.3, -0.25) is 0 Å². The first kappa shape index (κ1) is 32.2. The highest BCUT2D eigenvalue weighted by molar-refractivity contribution is 7.71. The number of hydrogen-bond acceptors (Lipinski definition) is 6. The van der Waals surface area contributed by atoms with E-state index in [9.17, 15) is 18.4 Å². The number of anilines is 2. The van der Waals surface area contributed by atoms with Crippen LogP contribution in [-0.4, -0.2) is 54.3 Å². The molecular formula is C30H38BF3N6S. The highest BCUT2D eigenvalue weighted by Crippen LogP contribution is 2.37. The van der Waals surface area contributed by atoms with Crippen LogP contribution in [0.5, 0.6) is 0 Å². The van der Waals surface area contributed by atoms with Gasteiger partial charge in [0.15, 0.2) is 0 Å². The maximum absolute atomic E-state index is 13.8. The molecule has 0 spiro atoms. The Labute approximate surface area is 246 Å². The number of aromatic amines is 1. The van der Waals surface area contributed by atoms with Crippen LogP contribution in [0.25, 0.3) is 5.57 Å². The smallest absolute Gasteiger partial charge is 0.384 e. The van der Waals surface area contributed by atoms with Crippen LogP contribution >= 0.6 is 12.2 Å². The van der Waals surface area contributed by atoms with Gasteiger partial charge in [-0.15, -0.1) is 0 Å². The van der Waals surface area contributed by atoms with Crippen molar-refractivity contribution in [2.24, 2.45) is 0 Å². The summed E-state index contributed by atoms with van der Waals surface area (Å²) in [5.41, 5.74) is 5.98. The van der Waals surface area contributed by atoms with E-state index in [0.717, 1.165) is 82.1 Å². The molecule has 11 heteroatoms. The number of nitrogens with two attached hydrogens (primary N) is 1. The van der Waals surface area contributed by atoms with E-state index in [1.165, 1.54) is 6.07 Å². The standard InChI is InChI=1S/C30H38BF3N6S/c1-3-9-23(24(4-2)29-25(30(32,33)34)13-14-26(36)37-29)10-6-5-7-17-40(27-11-8-12-28(41)38-27)21-20-39-18-15-31(22-35)16-19-39/h3-4,8-9,11-14H,1,5-7,10,15-21H2,2H3,(H2,36,37)(H,38,41)/b23-9-,24-4+. The van der Waals surface area contributed by atoms with Gasteiger partial charge in [0.1, 0.15) is 16.3 Å². The number of rotatable bonds is 13. The average molecular weight is 583 g/mol. The Kier molecular flexibility index (Phi) is 12.2. The zero-order valence-electron chi connectivity index (χ0n) is 23.6. The summed E-state index contributed by atoms with van der Waals surface area (Å²) in [5, 5.41) is 9.18. The molecule has 0 aromatic carbocycles. The second kappa shape index (κ2) is 15.6. The van der Waals surface area contributed by atoms with Crippen molar-refractivity contribution in [1.82, 2.24) is 14.9 Å². The maximum Gasteiger partial charge on any atom is 0.418 e. The Balaban J connectivity index is 1.62. The summed E-state index contributed by atoms with van der Waals surface area (Å²) >= 11 is 5.35. The van der Waals surface area contributed by atoms with E-state index in [1.54, 1.807) is 25.2 Å². The minimum absolute atomic E-state index is 0.0415. The minimum atomic E-state index is -4.54. The first-order valence-corrected chi connectivity index (χ1v) is 14.5. The molecule has 41 heavy (non-hydrogen) atoms. The first-order chi connectivity index (χ1) is 19.7. The van der Waals surface area contributed by atoms with Crippen molar-refractivity contribution < 1.29 is 13.2 Å². The van der Waals surface area contributed by atoms with Crippen LogP contribution in [0.2, 0.25) is 12.6 Å². The summed E-state index contributed by atoms with van der Waals surface area (Å²) < 4.78 is 41.9. The van der Waals surface area contributed by atoms with Crippen LogP contribution in [0.3, 0.4) is 0 Å². The fourth-order valence-corrected chi connectivity index (χ4v) is 5.33. The topological polar surface area (TPSA) is 85.0 Å². The first-order valence-electron chi connectivity index (χ1n) is 14.0. The molecule has 3 N–H and O–H groups in total. The molecule has 3 heterocycles. The van der Waals surface area contributed by atoms with Gasteiger partial charge in [-0.2, -0.15) is 13.2 Å². The molecule has 0 saturated carbocycles. The molecule has 1 fully saturated rings. The van der Waals surface area contributed by atoms with E-state index in [1.807, 2.05) is 18.2 Å². The Bertz CT molecular complexity index is 1320. The van der Waals surface area contributed by atoms with E-state index in [-0.39, 0.29) is 18.2 Å². The van der Waals surface area contributed by atoms with Gasteiger partial charge < -0.3 is 20.5 Å². The lowest BCUT2D eigenvalue weighted by atomic mass is 9.45. The molecule has 2 aromatic rings. The Morgan fingerprint density at radius 2 is 1.98 bits per heavy atom. The van der Waals surface area contributed by atoms with E-state index in [4.69, 9.17) is 18.0 Å². The predicted octanol–water partition coefficient (Wildman–Crippen LogP) is 7.20. The monoisotopic (exact) mass is 582 g/mol. The molecule has 0 amide bonds. The van der Waals surface area contributed by atoms with E-state index in [2.05, 4.69) is 32.3 Å². The summed E-state index contributed by atoms with van der Waals surface area (Å²) in [4.78, 5) is 12.1. The van der Waals surface area contributed by atoms with Crippen molar-refractivity contribution in [3.63, 3.8) is 0 Å². The third-order valence-corrected chi connectivity index (χ3v) is 7.59. The van der Waals surface area contributed by atoms with Gasteiger partial charge >= 0.3 is 6.18 Å². The molecule has 1 saturated heterocycles. The molecule has 0 aliphatic carbocycles. The Hall–Kier alpha value is -3.36. The molecule has 0 unspecified atom stereocenters. The third-order valence-electron chi connectivity index (χ3n) is 7.36. The van der Waals surface area contributed by atoms with Crippen LogP contribution < -0.4 is 10.6 Å². The van der Waals surface area contributed by atoms with Crippen LogP contribution in [0.1, 0.15) is 43.9 Å². The lowest BCUT2D eigenvalue weighted by Gasteiger charge is -2.31. The summed E-state index contributed by atoms with van der Waals surface area (Å²) in [6.45, 7) is 10.0. The molecule has 0 bridgehead atoms. The number of hydrogen-bond donors (Lipinski definition) is 2. The number of nitrogen functional groups attached to an aromatic ring is 1. The quantitative estimate of drug-likeness (QED) is 0.113. The molecule has 0 radical (unpaired) electrons. The van der Waals surface area contributed by atoms with E-state index >= 15 is 0 Å². The van der Waals surface area contributed by atoms with Gasteiger partial charge in [0.05, 0.1) is 11.3 Å². The van der Waals surface area contributed by atoms with E-state index in [0.29, 0.717) is 16.6 Å². The largest absolute Gasteiger partial charge is 0.418 e. The Morgan fingerprint density at radius 3 is 2.61 bits per heavy atom. The van der Waals surface area contributed by atoms with Gasteiger partial charge in [0.25, 0.3) is 6.71 Å². The Morgan fingerprint density at radius 1 is 1.22 bits per heavy atom. The van der Waals surface area contributed by atoms with Crippen molar-refractivity contribution in [1.29, 1.82) is 5.26 Å². The summed E-state index contributed by atoms with van der Waals surface area (Å²) in [7, 11) is 0. The van der Waals surface area contributed by atoms with Crippen molar-refractivity contribution >= 4 is 36.1 Å². The summed E-state index contributed by atoms with van der Waals surface area (Å²) in [6, 6.07) is 7.99. The molecule has 0 atom stereocenters. The van der Waals surface area contributed by atoms with Crippen LogP contribution in [0, 0.1) is 15.9 Å². The average Bonchev–Trinajstić information content (AvgIpc) is 2.94. The maximum atomic E-state index is 13.8. The van der Waals surface area contributed by atoms with Gasteiger partial charge in [-0.05, 0) is 87.3 Å². The molecule has 6 nitrogen and oxygen atoms in total. The highest BCUT2D eigenvalue weighted by atomic mass is 32.1. The van der Waals surface area contributed by atoms with Crippen LogP contribution in [0.15, 0.2) is 60.7 Å². The molecule has 1 aliphatic heterocycles. The molecule has 218 valence electrons.